The third kappa shape index (κ3) is 15.8. The number of hydrogen-bond donors (Lipinski definition) is 0. The van der Waals surface area contributed by atoms with Crippen LogP contribution in [0.2, 0.25) is 0 Å². The number of nitrogens with zero attached hydrogens (tertiary/aromatic N) is 10. The van der Waals surface area contributed by atoms with Crippen LogP contribution in [-0.2, 0) is 68.4 Å². The van der Waals surface area contributed by atoms with Crippen molar-refractivity contribution in [2.24, 2.45) is 28.2 Å². The number of para-hydroxylation sites is 8. The van der Waals surface area contributed by atoms with E-state index in [4.69, 9.17) is 0 Å². The van der Waals surface area contributed by atoms with E-state index in [9.17, 15) is 0 Å². The maximum atomic E-state index is 4.42. The van der Waals surface area contributed by atoms with Crippen molar-refractivity contribution in [3.63, 3.8) is 0 Å². The zero-order valence-corrected chi connectivity index (χ0v) is 78.0. The Balaban J connectivity index is 0.000000173. The average molecular weight is 2210 g/mol. The van der Waals surface area contributed by atoms with E-state index in [1.54, 1.807) is 18.5 Å². The van der Waals surface area contributed by atoms with Crippen molar-refractivity contribution in [1.29, 1.82) is 0 Å². The molecule has 5 aromatic heterocycles. The standard InChI is InChI=1S/C62H37Br2N6.C46H30Br2N4.2Ir/c1-67-39-69(60-22-11-9-20-58(60)67)46-28-30-54(56(63)37-46)52-18-7-5-16-50(52)44-34-43(49-15-4-3-14-48(49)41-24-26-42(27-25-41)62-65-32-13-33-66-62)35-45(36-44)51-17-6-8-19-53(51)55-31-29-47(38-57(55)64)70-40-68(2)59-21-10-12-23-61(59)70;1-49-29-51(45-20-9-7-18-43(45)49)33-22-24-39(41(47)27-33)37-16-5-3-14-35(37)31-12-11-13-32(26-31)36-15-4-6-17-38(36)40-25-23-34(28-42(40)48)52-30-50(2)44-19-8-10-21-46(44)52;;/h3-13,15-25,30-38H,1-2H3;3-21,24-28H,1-2H3;;/q-5;-2;;. The molecule has 0 spiro atoms. The van der Waals surface area contributed by atoms with E-state index < -0.39 is 0 Å². The fourth-order valence-corrected chi connectivity index (χ4v) is 18.7. The number of fused-ring (bicyclic) bond motifs is 4. The minimum Gasteiger partial charge on any atom is -0.342 e. The summed E-state index contributed by atoms with van der Waals surface area (Å²) in [5, 5.41) is 0. The maximum absolute atomic E-state index is 4.42. The van der Waals surface area contributed by atoms with Gasteiger partial charge in [-0.15, -0.1) is 46.0 Å². The van der Waals surface area contributed by atoms with Gasteiger partial charge in [-0.05, 0) is 68.5 Å². The number of hydrogen-bond acceptors (Lipinski definition) is 2. The summed E-state index contributed by atoms with van der Waals surface area (Å²) in [5.74, 6) is 0.579. The summed E-state index contributed by atoms with van der Waals surface area (Å²) < 4.78 is 20.2. The third-order valence-electron chi connectivity index (χ3n) is 22.3. The van der Waals surface area contributed by atoms with E-state index in [-0.39, 0.29) is 40.2 Å². The van der Waals surface area contributed by atoms with Crippen LogP contribution in [0, 0.1) is 67.8 Å². The molecular weight excluding hydrogens is 2140 g/mol. The van der Waals surface area contributed by atoms with Gasteiger partial charge in [0.05, 0.1) is 72.3 Å². The number of aromatic nitrogens is 10. The summed E-state index contributed by atoms with van der Waals surface area (Å²) in [6, 6.07) is 137. The molecule has 0 bridgehead atoms. The molecule has 16 aromatic carbocycles. The van der Waals surface area contributed by atoms with Gasteiger partial charge < -0.3 is 46.5 Å². The van der Waals surface area contributed by atoms with E-state index in [2.05, 4.69) is 427 Å². The normalized spacial score (nSPS) is 11.3. The van der Waals surface area contributed by atoms with Crippen LogP contribution in [0.3, 0.4) is 0 Å². The van der Waals surface area contributed by atoms with Crippen LogP contribution < -0.4 is 18.3 Å². The summed E-state index contributed by atoms with van der Waals surface area (Å²) in [6.07, 6.45) is 17.2. The molecule has 2 radical (unpaired) electrons. The van der Waals surface area contributed by atoms with Gasteiger partial charge in [-0.2, -0.15) is 84.4 Å². The Morgan fingerprint density at radius 3 is 0.863 bits per heavy atom. The molecule has 0 atom stereocenters. The van der Waals surface area contributed by atoms with Gasteiger partial charge in [0.2, 0.25) is 25.3 Å². The molecule has 0 aliphatic carbocycles. The van der Waals surface area contributed by atoms with E-state index in [0.717, 1.165) is 196 Å². The molecular formula is C108H67Br4Ir2N10-7. The van der Waals surface area contributed by atoms with E-state index >= 15 is 0 Å². The van der Waals surface area contributed by atoms with E-state index in [1.165, 1.54) is 0 Å². The third-order valence-corrected chi connectivity index (χ3v) is 25.0. The van der Waals surface area contributed by atoms with Crippen LogP contribution in [0.4, 0.5) is 0 Å². The Labute approximate surface area is 780 Å². The Morgan fingerprint density at radius 1 is 0.250 bits per heavy atom. The van der Waals surface area contributed by atoms with Crippen LogP contribution in [0.5, 0.6) is 0 Å². The Bertz CT molecular complexity index is 7280. The van der Waals surface area contributed by atoms with Crippen LogP contribution >= 0.6 is 63.7 Å². The molecule has 5 heterocycles. The van der Waals surface area contributed by atoms with Gasteiger partial charge in [0.15, 0.2) is 0 Å². The second-order valence-electron chi connectivity index (χ2n) is 29.8. The predicted molar refractivity (Wildman–Crippen MR) is 498 cm³/mol. The number of imidazole rings is 4. The molecule has 21 rings (SSSR count). The van der Waals surface area contributed by atoms with Crippen molar-refractivity contribution in [1.82, 2.24) is 28.2 Å². The Hall–Kier alpha value is -12.3. The fraction of sp³-hybridized carbons (Fsp3) is 0.0370. The second-order valence-corrected chi connectivity index (χ2v) is 33.2. The van der Waals surface area contributed by atoms with Crippen LogP contribution in [0.1, 0.15) is 0 Å². The van der Waals surface area contributed by atoms with Crippen molar-refractivity contribution in [3.8, 4) is 145 Å². The molecule has 10 nitrogen and oxygen atoms in total. The maximum Gasteiger partial charge on any atom is 0.242 e. The SMILES string of the molecule is C[n+]1[c-]n(-c2[c-]cc(-c3ccccc3-c3cc(-c4ccc[c-]c4-c4c[c-]c(-c5ncccn5)[c-]c4)cc(-c4ccccc4-c4c[c-]c(-n5[c-][n+](C)c6ccccc65)cc4Br)c3)c(Br)c2)c2ccccc21.C[n+]1[c-]n(-c2[c-]cc(-c3ccccc3-c3cccc(-c4ccccc4-c4c[c-]c(-n5[c-][n+](C)c6ccccc65)cc4Br)c3)c(Br)c2)c2ccccc21.[Ir].[Ir]. The molecule has 0 unspecified atom stereocenters. The van der Waals surface area contributed by atoms with Gasteiger partial charge in [0.25, 0.3) is 0 Å². The molecule has 16 heteroatoms. The molecule has 124 heavy (non-hydrogen) atoms. The van der Waals surface area contributed by atoms with Crippen LogP contribution in [0.25, 0.3) is 190 Å². The molecule has 0 amide bonds. The molecule has 0 saturated carbocycles. The number of halogens is 4. The molecule has 0 saturated heterocycles. The minimum absolute atomic E-state index is 0. The summed E-state index contributed by atoms with van der Waals surface area (Å²) in [6.45, 7) is 0. The monoisotopic (exact) mass is 2210 g/mol. The van der Waals surface area contributed by atoms with Gasteiger partial charge in [-0.3, -0.25) is 12.1 Å². The summed E-state index contributed by atoms with van der Waals surface area (Å²) in [4.78, 5) is 8.85. The van der Waals surface area contributed by atoms with E-state index in [1.807, 2.05) is 95.0 Å². The topological polar surface area (TPSA) is 61.0 Å². The summed E-state index contributed by atoms with van der Waals surface area (Å²) in [5.41, 5.74) is 34.4. The van der Waals surface area contributed by atoms with Crippen molar-refractivity contribution >= 4 is 108 Å². The van der Waals surface area contributed by atoms with Crippen LogP contribution in [0.15, 0.2) is 352 Å². The minimum atomic E-state index is 0. The number of rotatable bonds is 15. The quantitative estimate of drug-likeness (QED) is 0.0758. The first-order chi connectivity index (χ1) is 59.8. The largest absolute Gasteiger partial charge is 0.342 e. The van der Waals surface area contributed by atoms with Crippen molar-refractivity contribution in [2.75, 3.05) is 0 Å². The van der Waals surface area contributed by atoms with Gasteiger partial charge in [-0.1, -0.05) is 357 Å². The molecule has 0 fully saturated rings. The first-order valence-corrected chi connectivity index (χ1v) is 42.8. The Morgan fingerprint density at radius 2 is 0.532 bits per heavy atom. The van der Waals surface area contributed by atoms with Gasteiger partial charge in [0.1, 0.15) is 0 Å². The summed E-state index contributed by atoms with van der Waals surface area (Å²) in [7, 11) is 8.07. The first-order valence-electron chi connectivity index (χ1n) is 39.6. The fourth-order valence-electron chi connectivity index (χ4n) is 16.5. The van der Waals surface area contributed by atoms with Gasteiger partial charge >= 0.3 is 0 Å². The zero-order chi connectivity index (χ0) is 82.6. The Kier molecular flexibility index (Phi) is 23.7. The van der Waals surface area contributed by atoms with Crippen LogP contribution in [-0.4, -0.2) is 28.2 Å². The van der Waals surface area contributed by atoms with Crippen molar-refractivity contribution < 1.29 is 58.5 Å². The second kappa shape index (κ2) is 35.5. The smallest absolute Gasteiger partial charge is 0.242 e. The zero-order valence-electron chi connectivity index (χ0n) is 66.9. The predicted octanol–water partition coefficient (Wildman–Crippen LogP) is 24.4. The van der Waals surface area contributed by atoms with Gasteiger partial charge in [-0.25, -0.2) is 23.3 Å². The van der Waals surface area contributed by atoms with Crippen molar-refractivity contribution in [2.45, 2.75) is 0 Å². The van der Waals surface area contributed by atoms with E-state index in [0.29, 0.717) is 11.4 Å². The number of benzene rings is 16. The first kappa shape index (κ1) is 82.6. The molecule has 0 aliphatic rings. The van der Waals surface area contributed by atoms with Gasteiger partial charge in [0, 0.05) is 52.6 Å². The molecule has 602 valence electrons. The average Bonchev–Trinajstić information content (AvgIpc) is 1.40. The molecule has 0 aliphatic heterocycles. The van der Waals surface area contributed by atoms with Crippen molar-refractivity contribution in [3.05, 3.63) is 420 Å². The molecule has 0 N–H and O–H groups in total. The summed E-state index contributed by atoms with van der Waals surface area (Å²) >= 11 is 15.9. The number of aryl methyl sites for hydroxylation is 4. The molecule has 21 aromatic rings.